The molecule has 0 spiro atoms. The number of aldehydes is 1. The molecule has 0 saturated heterocycles. The summed E-state index contributed by atoms with van der Waals surface area (Å²) in [5.41, 5.74) is 10.0. The lowest BCUT2D eigenvalue weighted by atomic mass is 9.91. The van der Waals surface area contributed by atoms with Crippen LogP contribution in [0.2, 0.25) is 5.02 Å². The lowest BCUT2D eigenvalue weighted by Gasteiger charge is -2.34. The first kappa shape index (κ1) is 19.0. The van der Waals surface area contributed by atoms with Crippen LogP contribution < -0.4 is 5.73 Å². The lowest BCUT2D eigenvalue weighted by molar-refractivity contribution is 0.0968. The van der Waals surface area contributed by atoms with E-state index in [1.807, 2.05) is 18.2 Å². The van der Waals surface area contributed by atoms with Crippen molar-refractivity contribution in [3.63, 3.8) is 0 Å². The maximum absolute atomic E-state index is 12.5. The van der Waals surface area contributed by atoms with Crippen molar-refractivity contribution in [2.45, 2.75) is 19.4 Å². The zero-order valence-corrected chi connectivity index (χ0v) is 15.8. The molecule has 1 atom stereocenters. The second kappa shape index (κ2) is 8.27. The number of benzene rings is 2. The first-order valence-corrected chi connectivity index (χ1v) is 9.16. The van der Waals surface area contributed by atoms with Crippen molar-refractivity contribution in [3.05, 3.63) is 70.3 Å². The molecule has 0 aromatic heterocycles. The fourth-order valence-corrected chi connectivity index (χ4v) is 3.45. The number of carbonyl (C=O) groups excluding carboxylic acids is 2. The monoisotopic (exact) mass is 384 g/mol. The van der Waals surface area contributed by atoms with E-state index in [1.54, 1.807) is 42.2 Å². The molecule has 140 valence electrons. The highest BCUT2D eigenvalue weighted by Gasteiger charge is 2.29. The third kappa shape index (κ3) is 4.14. The lowest BCUT2D eigenvalue weighted by Crippen LogP contribution is -2.38. The molecule has 0 aliphatic carbocycles. The van der Waals surface area contributed by atoms with Crippen LogP contribution in [0.3, 0.4) is 0 Å². The van der Waals surface area contributed by atoms with Crippen molar-refractivity contribution in [3.8, 4) is 0 Å². The van der Waals surface area contributed by atoms with Gasteiger partial charge in [0.1, 0.15) is 6.29 Å². The summed E-state index contributed by atoms with van der Waals surface area (Å²) in [5.74, 6) is 0. The fourth-order valence-electron chi connectivity index (χ4n) is 3.28. The normalized spacial score (nSPS) is 16.6. The van der Waals surface area contributed by atoms with Crippen LogP contribution in [-0.2, 0) is 4.74 Å². The number of amides is 1. The number of rotatable bonds is 4. The number of ether oxygens (including phenoxy) is 1. The van der Waals surface area contributed by atoms with Crippen LogP contribution in [0.5, 0.6) is 0 Å². The largest absolute Gasteiger partial charge is 0.450 e. The molecule has 2 aromatic rings. The Kier molecular flexibility index (Phi) is 5.81. The van der Waals surface area contributed by atoms with Gasteiger partial charge in [0.15, 0.2) is 0 Å². The summed E-state index contributed by atoms with van der Waals surface area (Å²) < 4.78 is 5.22. The fraction of sp³-hybridized carbons (Fsp3) is 0.238. The molecular formula is C21H21ClN2O3. The quantitative estimate of drug-likeness (QED) is 0.611. The molecule has 1 heterocycles. The van der Waals surface area contributed by atoms with Gasteiger partial charge in [-0.15, -0.1) is 0 Å². The predicted molar refractivity (Wildman–Crippen MR) is 107 cm³/mol. The number of nitrogen functional groups attached to an aromatic ring is 1. The highest BCUT2D eigenvalue weighted by Crippen LogP contribution is 2.36. The molecule has 0 saturated carbocycles. The van der Waals surface area contributed by atoms with Gasteiger partial charge in [-0.2, -0.15) is 0 Å². The standard InChI is InChI=1S/C21H21ClN2O3/c1-2-27-21(26)24-9-8-15(18-12-17(22)6-7-19(18)23)11-20(24)16-5-3-4-14(10-16)13-25/h3-7,10-13,20H,2,8-9,23H2,1H3. The molecule has 0 radical (unpaired) electrons. The van der Waals surface area contributed by atoms with Crippen molar-refractivity contribution < 1.29 is 14.3 Å². The van der Waals surface area contributed by atoms with E-state index < -0.39 is 0 Å². The van der Waals surface area contributed by atoms with Gasteiger partial charge >= 0.3 is 6.09 Å². The third-order valence-electron chi connectivity index (χ3n) is 4.57. The highest BCUT2D eigenvalue weighted by molar-refractivity contribution is 6.30. The van der Waals surface area contributed by atoms with Gasteiger partial charge in [-0.25, -0.2) is 4.79 Å². The van der Waals surface area contributed by atoms with Gasteiger partial charge in [0.25, 0.3) is 0 Å². The van der Waals surface area contributed by atoms with Gasteiger partial charge in [0.05, 0.1) is 12.6 Å². The highest BCUT2D eigenvalue weighted by atomic mass is 35.5. The van der Waals surface area contributed by atoms with Gasteiger partial charge < -0.3 is 10.5 Å². The molecule has 0 fully saturated rings. The van der Waals surface area contributed by atoms with Gasteiger partial charge in [-0.05, 0) is 48.7 Å². The number of nitrogens with two attached hydrogens (primary N) is 1. The Hall–Kier alpha value is -2.79. The second-order valence-electron chi connectivity index (χ2n) is 6.30. The SMILES string of the molecule is CCOC(=O)N1CCC(c2cc(Cl)ccc2N)=CC1c1cccc(C=O)c1. The Morgan fingerprint density at radius 3 is 2.89 bits per heavy atom. The summed E-state index contributed by atoms with van der Waals surface area (Å²) in [6, 6.07) is 12.2. The molecule has 1 aliphatic heterocycles. The Morgan fingerprint density at radius 2 is 2.15 bits per heavy atom. The zero-order valence-electron chi connectivity index (χ0n) is 15.0. The van der Waals surface area contributed by atoms with Crippen LogP contribution in [0.15, 0.2) is 48.5 Å². The summed E-state index contributed by atoms with van der Waals surface area (Å²) in [7, 11) is 0. The van der Waals surface area contributed by atoms with E-state index in [4.69, 9.17) is 22.1 Å². The van der Waals surface area contributed by atoms with E-state index >= 15 is 0 Å². The first-order valence-electron chi connectivity index (χ1n) is 8.78. The molecule has 5 nitrogen and oxygen atoms in total. The summed E-state index contributed by atoms with van der Waals surface area (Å²) in [4.78, 5) is 25.3. The number of carbonyl (C=O) groups is 2. The van der Waals surface area contributed by atoms with Crippen molar-refractivity contribution in [2.75, 3.05) is 18.9 Å². The molecular weight excluding hydrogens is 364 g/mol. The van der Waals surface area contributed by atoms with Gasteiger partial charge in [0.2, 0.25) is 0 Å². The van der Waals surface area contributed by atoms with Crippen LogP contribution >= 0.6 is 11.6 Å². The van der Waals surface area contributed by atoms with E-state index in [9.17, 15) is 9.59 Å². The topological polar surface area (TPSA) is 72.6 Å². The predicted octanol–water partition coefficient (Wildman–Crippen LogP) is 4.72. The van der Waals surface area contributed by atoms with Gasteiger partial charge in [-0.3, -0.25) is 9.69 Å². The van der Waals surface area contributed by atoms with E-state index in [2.05, 4.69) is 0 Å². The first-order chi connectivity index (χ1) is 13.0. The number of hydrogen-bond acceptors (Lipinski definition) is 4. The maximum Gasteiger partial charge on any atom is 0.410 e. The zero-order chi connectivity index (χ0) is 19.4. The molecule has 2 aromatic carbocycles. The molecule has 6 heteroatoms. The maximum atomic E-state index is 12.5. The van der Waals surface area contributed by atoms with Gasteiger partial charge in [0, 0.05) is 28.4 Å². The smallest absolute Gasteiger partial charge is 0.410 e. The van der Waals surface area contributed by atoms with Crippen molar-refractivity contribution in [1.82, 2.24) is 4.90 Å². The third-order valence-corrected chi connectivity index (χ3v) is 4.80. The van der Waals surface area contributed by atoms with Crippen LogP contribution in [0.4, 0.5) is 10.5 Å². The van der Waals surface area contributed by atoms with E-state index in [1.165, 1.54) is 0 Å². The van der Waals surface area contributed by atoms with E-state index in [0.29, 0.717) is 35.8 Å². The van der Waals surface area contributed by atoms with Crippen molar-refractivity contribution in [1.29, 1.82) is 0 Å². The molecule has 3 rings (SSSR count). The second-order valence-corrected chi connectivity index (χ2v) is 6.74. The molecule has 1 unspecified atom stereocenters. The van der Waals surface area contributed by atoms with Gasteiger partial charge in [-0.1, -0.05) is 35.9 Å². The summed E-state index contributed by atoms with van der Waals surface area (Å²) in [5, 5.41) is 0.604. The summed E-state index contributed by atoms with van der Waals surface area (Å²) in [6.45, 7) is 2.55. The average molecular weight is 385 g/mol. The van der Waals surface area contributed by atoms with Crippen LogP contribution in [0.25, 0.3) is 5.57 Å². The molecule has 1 aliphatic rings. The van der Waals surface area contributed by atoms with Crippen LogP contribution in [-0.4, -0.2) is 30.4 Å². The van der Waals surface area contributed by atoms with Crippen molar-refractivity contribution >= 4 is 35.2 Å². The summed E-state index contributed by atoms with van der Waals surface area (Å²) in [6.07, 6.45) is 3.04. The summed E-state index contributed by atoms with van der Waals surface area (Å²) >= 11 is 6.14. The van der Waals surface area contributed by atoms with Crippen LogP contribution in [0.1, 0.15) is 40.9 Å². The number of nitrogens with zero attached hydrogens (tertiary/aromatic N) is 1. The molecule has 1 amide bonds. The number of hydrogen-bond donors (Lipinski definition) is 1. The Labute approximate surface area is 163 Å². The van der Waals surface area contributed by atoms with Crippen LogP contribution in [0, 0.1) is 0 Å². The number of halogens is 1. The van der Waals surface area contributed by atoms with E-state index in [-0.39, 0.29) is 12.1 Å². The minimum atomic E-state index is -0.381. The Bertz CT molecular complexity index is 895. The minimum Gasteiger partial charge on any atom is -0.450 e. The van der Waals surface area contributed by atoms with E-state index in [0.717, 1.165) is 23.0 Å². The van der Waals surface area contributed by atoms with Crippen molar-refractivity contribution in [2.24, 2.45) is 0 Å². The Morgan fingerprint density at radius 1 is 1.33 bits per heavy atom. The number of anilines is 1. The Balaban J connectivity index is 2.06. The molecule has 27 heavy (non-hydrogen) atoms. The minimum absolute atomic E-state index is 0.300. The molecule has 0 bridgehead atoms. The average Bonchev–Trinajstić information content (AvgIpc) is 2.69. The molecule has 2 N–H and O–H groups in total.